The van der Waals surface area contributed by atoms with Gasteiger partial charge < -0.3 is 14.7 Å². The molecule has 5 nitrogen and oxygen atoms in total. The summed E-state index contributed by atoms with van der Waals surface area (Å²) in [6.07, 6.45) is 0.322. The van der Waals surface area contributed by atoms with Crippen molar-refractivity contribution in [2.45, 2.75) is 20.3 Å². The van der Waals surface area contributed by atoms with Gasteiger partial charge in [-0.25, -0.2) is 0 Å². The van der Waals surface area contributed by atoms with E-state index in [1.807, 2.05) is 30.0 Å². The summed E-state index contributed by atoms with van der Waals surface area (Å²) in [6, 6.07) is 5.89. The molecule has 0 radical (unpaired) electrons. The van der Waals surface area contributed by atoms with E-state index in [1.165, 1.54) is 0 Å². The Balaban J connectivity index is 1.67. The summed E-state index contributed by atoms with van der Waals surface area (Å²) < 4.78 is 0.997. The molecular weight excluding hydrogens is 370 g/mol. The first-order valence-electron chi connectivity index (χ1n) is 8.57. The normalized spacial score (nSPS) is 22.3. The molecule has 0 spiro atoms. The lowest BCUT2D eigenvalue weighted by atomic mass is 10.1. The number of carbonyl (C=O) groups excluding carboxylic acids is 2. The summed E-state index contributed by atoms with van der Waals surface area (Å²) in [5.74, 6) is -0.0314. The van der Waals surface area contributed by atoms with Crippen LogP contribution in [0.2, 0.25) is 0 Å². The van der Waals surface area contributed by atoms with Crippen LogP contribution < -0.4 is 4.90 Å². The standard InChI is InChI=1S/C18H24BrN3O2/c1-3-20-6-8-21(9-7-20)18(24)14-11-17(23)22(12-14)16-5-4-15(19)10-13(16)2/h4-5,10,14H,3,6-9,11-12H2,1-2H3. The first-order valence-corrected chi connectivity index (χ1v) is 9.36. The summed E-state index contributed by atoms with van der Waals surface area (Å²) >= 11 is 3.45. The summed E-state index contributed by atoms with van der Waals surface area (Å²) in [5, 5.41) is 0. The molecule has 6 heteroatoms. The Bertz CT molecular complexity index is 641. The van der Waals surface area contributed by atoms with Crippen molar-refractivity contribution < 1.29 is 9.59 Å². The van der Waals surface area contributed by atoms with Crippen LogP contribution in [0.1, 0.15) is 18.9 Å². The molecule has 1 aromatic rings. The van der Waals surface area contributed by atoms with Gasteiger partial charge in [0.05, 0.1) is 5.92 Å². The quantitative estimate of drug-likeness (QED) is 0.790. The van der Waals surface area contributed by atoms with Crippen LogP contribution in [0.15, 0.2) is 22.7 Å². The molecule has 0 aromatic heterocycles. The van der Waals surface area contributed by atoms with Crippen molar-refractivity contribution in [3.05, 3.63) is 28.2 Å². The highest BCUT2D eigenvalue weighted by Gasteiger charge is 2.38. The van der Waals surface area contributed by atoms with Gasteiger partial charge in [-0.1, -0.05) is 22.9 Å². The Kier molecular flexibility index (Phi) is 5.25. The number of likely N-dealkylation sites (N-methyl/N-ethyl adjacent to an activating group) is 1. The maximum atomic E-state index is 12.8. The summed E-state index contributed by atoms with van der Waals surface area (Å²) in [5.41, 5.74) is 1.96. The van der Waals surface area contributed by atoms with E-state index in [1.54, 1.807) is 4.90 Å². The summed E-state index contributed by atoms with van der Waals surface area (Å²) in [7, 11) is 0. The fourth-order valence-electron chi connectivity index (χ4n) is 3.57. The van der Waals surface area contributed by atoms with Crippen LogP contribution in [0, 0.1) is 12.8 Å². The van der Waals surface area contributed by atoms with E-state index in [0.717, 1.165) is 48.4 Å². The molecule has 0 saturated carbocycles. The number of amides is 2. The van der Waals surface area contributed by atoms with Crippen molar-refractivity contribution in [2.75, 3.05) is 44.2 Å². The second-order valence-electron chi connectivity index (χ2n) is 6.60. The maximum Gasteiger partial charge on any atom is 0.228 e. The van der Waals surface area contributed by atoms with E-state index in [2.05, 4.69) is 27.8 Å². The average molecular weight is 394 g/mol. The number of nitrogens with zero attached hydrogens (tertiary/aromatic N) is 3. The third kappa shape index (κ3) is 3.49. The van der Waals surface area contributed by atoms with E-state index in [4.69, 9.17) is 0 Å². The highest BCUT2D eigenvalue weighted by molar-refractivity contribution is 9.10. The Morgan fingerprint density at radius 1 is 1.25 bits per heavy atom. The van der Waals surface area contributed by atoms with E-state index in [9.17, 15) is 9.59 Å². The topological polar surface area (TPSA) is 43.9 Å². The Morgan fingerprint density at radius 2 is 1.96 bits per heavy atom. The number of halogens is 1. The number of piperazine rings is 1. The van der Waals surface area contributed by atoms with Crippen molar-refractivity contribution in [1.29, 1.82) is 0 Å². The van der Waals surface area contributed by atoms with Gasteiger partial charge in [-0.3, -0.25) is 9.59 Å². The third-order valence-corrected chi connectivity index (χ3v) is 5.55. The number of anilines is 1. The molecule has 1 atom stereocenters. The largest absolute Gasteiger partial charge is 0.340 e. The van der Waals surface area contributed by atoms with E-state index in [-0.39, 0.29) is 17.7 Å². The minimum absolute atomic E-state index is 0.0472. The summed E-state index contributed by atoms with van der Waals surface area (Å²) in [6.45, 7) is 9.06. The van der Waals surface area contributed by atoms with Crippen LogP contribution in [0.3, 0.4) is 0 Å². The minimum atomic E-state index is -0.214. The number of aryl methyl sites for hydroxylation is 1. The fraction of sp³-hybridized carbons (Fsp3) is 0.556. The zero-order chi connectivity index (χ0) is 17.3. The zero-order valence-corrected chi connectivity index (χ0v) is 15.9. The molecule has 0 bridgehead atoms. The Morgan fingerprint density at radius 3 is 2.58 bits per heavy atom. The molecule has 2 saturated heterocycles. The second kappa shape index (κ2) is 7.23. The van der Waals surface area contributed by atoms with Crippen LogP contribution in [-0.2, 0) is 9.59 Å². The lowest BCUT2D eigenvalue weighted by molar-refractivity contribution is -0.137. The predicted octanol–water partition coefficient (Wildman–Crippen LogP) is 2.27. The molecule has 2 amide bonds. The van der Waals surface area contributed by atoms with E-state index in [0.29, 0.717) is 13.0 Å². The predicted molar refractivity (Wildman–Crippen MR) is 98.0 cm³/mol. The molecule has 0 aliphatic carbocycles. The van der Waals surface area contributed by atoms with Gasteiger partial charge >= 0.3 is 0 Å². The molecular formula is C18H24BrN3O2. The van der Waals surface area contributed by atoms with Crippen LogP contribution in [0.25, 0.3) is 0 Å². The molecule has 2 aliphatic rings. The molecule has 130 valence electrons. The first-order chi connectivity index (χ1) is 11.5. The molecule has 1 unspecified atom stereocenters. The number of carbonyl (C=O) groups is 2. The minimum Gasteiger partial charge on any atom is -0.340 e. The van der Waals surface area contributed by atoms with Crippen molar-refractivity contribution in [3.63, 3.8) is 0 Å². The monoisotopic (exact) mass is 393 g/mol. The maximum absolute atomic E-state index is 12.8. The molecule has 24 heavy (non-hydrogen) atoms. The van der Waals surface area contributed by atoms with Gasteiger partial charge in [-0.05, 0) is 37.2 Å². The molecule has 2 fully saturated rings. The van der Waals surface area contributed by atoms with Crippen LogP contribution in [0.4, 0.5) is 5.69 Å². The number of hydrogen-bond donors (Lipinski definition) is 0. The smallest absolute Gasteiger partial charge is 0.228 e. The van der Waals surface area contributed by atoms with E-state index < -0.39 is 0 Å². The first kappa shape index (κ1) is 17.4. The summed E-state index contributed by atoms with van der Waals surface area (Å²) in [4.78, 5) is 31.3. The molecule has 2 heterocycles. The second-order valence-corrected chi connectivity index (χ2v) is 7.51. The lowest BCUT2D eigenvalue weighted by Gasteiger charge is -2.35. The molecule has 3 rings (SSSR count). The highest BCUT2D eigenvalue weighted by atomic mass is 79.9. The lowest BCUT2D eigenvalue weighted by Crippen LogP contribution is -2.50. The van der Waals surface area contributed by atoms with Gasteiger partial charge in [0, 0.05) is 49.3 Å². The molecule has 0 N–H and O–H groups in total. The van der Waals surface area contributed by atoms with E-state index >= 15 is 0 Å². The van der Waals surface area contributed by atoms with Crippen molar-refractivity contribution >= 4 is 33.4 Å². The number of benzene rings is 1. The average Bonchev–Trinajstić information content (AvgIpc) is 2.96. The zero-order valence-electron chi connectivity index (χ0n) is 14.3. The number of rotatable bonds is 3. The van der Waals surface area contributed by atoms with Crippen molar-refractivity contribution in [1.82, 2.24) is 9.80 Å². The van der Waals surface area contributed by atoms with Gasteiger partial charge in [0.2, 0.25) is 11.8 Å². The van der Waals surface area contributed by atoms with Crippen molar-refractivity contribution in [2.24, 2.45) is 5.92 Å². The van der Waals surface area contributed by atoms with Gasteiger partial charge in [-0.15, -0.1) is 0 Å². The van der Waals surface area contributed by atoms with Gasteiger partial charge in [-0.2, -0.15) is 0 Å². The van der Waals surface area contributed by atoms with Gasteiger partial charge in [0.15, 0.2) is 0 Å². The SMILES string of the molecule is CCN1CCN(C(=O)C2CC(=O)N(c3ccc(Br)cc3C)C2)CC1. The van der Waals surface area contributed by atoms with Crippen LogP contribution in [0.5, 0.6) is 0 Å². The van der Waals surface area contributed by atoms with Crippen LogP contribution in [-0.4, -0.2) is 60.9 Å². The number of hydrogen-bond acceptors (Lipinski definition) is 3. The Hall–Kier alpha value is -1.40. The van der Waals surface area contributed by atoms with Crippen LogP contribution >= 0.6 is 15.9 Å². The van der Waals surface area contributed by atoms with Gasteiger partial charge in [0.25, 0.3) is 0 Å². The van der Waals surface area contributed by atoms with Gasteiger partial charge in [0.1, 0.15) is 0 Å². The highest BCUT2D eigenvalue weighted by Crippen LogP contribution is 2.30. The third-order valence-electron chi connectivity index (χ3n) is 5.06. The fourth-order valence-corrected chi connectivity index (χ4v) is 4.05. The molecule has 1 aromatic carbocycles. The Labute approximate surface area is 151 Å². The van der Waals surface area contributed by atoms with Crippen molar-refractivity contribution in [3.8, 4) is 0 Å². The molecule has 2 aliphatic heterocycles.